The van der Waals surface area contributed by atoms with Crippen LogP contribution in [-0.2, 0) is 4.79 Å². The number of hydrogen-bond acceptors (Lipinski definition) is 3. The first kappa shape index (κ1) is 14.8. The fourth-order valence-corrected chi connectivity index (χ4v) is 3.62. The van der Waals surface area contributed by atoms with E-state index in [1.807, 2.05) is 0 Å². The van der Waals surface area contributed by atoms with Crippen LogP contribution >= 0.6 is 0 Å². The third kappa shape index (κ3) is 2.95. The molecule has 0 radical (unpaired) electrons. The summed E-state index contributed by atoms with van der Waals surface area (Å²) in [7, 11) is 0. The highest BCUT2D eigenvalue weighted by Crippen LogP contribution is 2.42. The number of rotatable bonds is 4. The van der Waals surface area contributed by atoms with E-state index in [1.165, 1.54) is 12.8 Å². The Balaban J connectivity index is 1.92. The van der Waals surface area contributed by atoms with Gasteiger partial charge >= 0.3 is 0 Å². The topological polar surface area (TPSA) is 49.6 Å². The Hall–Kier alpha value is -0.610. The van der Waals surface area contributed by atoms with Gasteiger partial charge in [-0.2, -0.15) is 0 Å². The second kappa shape index (κ2) is 6.23. The minimum Gasteiger partial charge on any atom is -0.340 e. The molecule has 2 aliphatic rings. The molecule has 2 N–H and O–H groups in total. The Morgan fingerprint density at radius 3 is 2.26 bits per heavy atom. The number of nitrogens with zero attached hydrogens (tertiary/aromatic N) is 2. The zero-order valence-corrected chi connectivity index (χ0v) is 12.5. The third-order valence-electron chi connectivity index (χ3n) is 5.26. The minimum atomic E-state index is -0.0261. The van der Waals surface area contributed by atoms with Crippen molar-refractivity contribution in [2.45, 2.75) is 52.0 Å². The van der Waals surface area contributed by atoms with E-state index in [9.17, 15) is 4.79 Å². The first-order valence-electron chi connectivity index (χ1n) is 7.86. The molecule has 4 heteroatoms. The van der Waals surface area contributed by atoms with Crippen molar-refractivity contribution in [1.82, 2.24) is 9.80 Å². The summed E-state index contributed by atoms with van der Waals surface area (Å²) in [4.78, 5) is 17.3. The molecule has 2 rings (SSSR count). The number of nitrogens with two attached hydrogens (primary N) is 1. The molecule has 0 aromatic rings. The average molecular weight is 267 g/mol. The standard InChI is InChI=1S/C15H29N3O/c1-3-15(6-4-5-7-15)14(19)18-10-8-17(9-11-18)13(2)12-16/h13H,3-12,16H2,1-2H3. The summed E-state index contributed by atoms with van der Waals surface area (Å²) in [6, 6.07) is 0.434. The van der Waals surface area contributed by atoms with Gasteiger partial charge in [0.05, 0.1) is 0 Å². The van der Waals surface area contributed by atoms with Crippen LogP contribution in [0.2, 0.25) is 0 Å². The second-order valence-corrected chi connectivity index (χ2v) is 6.25. The first-order valence-corrected chi connectivity index (χ1v) is 7.86. The molecule has 0 aromatic heterocycles. The summed E-state index contributed by atoms with van der Waals surface area (Å²) < 4.78 is 0. The maximum absolute atomic E-state index is 12.8. The van der Waals surface area contributed by atoms with E-state index in [1.54, 1.807) is 0 Å². The van der Waals surface area contributed by atoms with E-state index in [0.717, 1.165) is 45.4 Å². The van der Waals surface area contributed by atoms with Crippen LogP contribution in [0.3, 0.4) is 0 Å². The van der Waals surface area contributed by atoms with E-state index in [4.69, 9.17) is 5.73 Å². The molecule has 1 unspecified atom stereocenters. The van der Waals surface area contributed by atoms with Crippen LogP contribution in [0.15, 0.2) is 0 Å². The maximum atomic E-state index is 12.8. The molecule has 19 heavy (non-hydrogen) atoms. The normalized spacial score (nSPS) is 25.5. The lowest BCUT2D eigenvalue weighted by Gasteiger charge is -2.41. The molecule has 4 nitrogen and oxygen atoms in total. The molecule has 0 bridgehead atoms. The van der Waals surface area contributed by atoms with Crippen LogP contribution in [0, 0.1) is 5.41 Å². The molecule has 1 aliphatic heterocycles. The second-order valence-electron chi connectivity index (χ2n) is 6.25. The van der Waals surface area contributed by atoms with Gasteiger partial charge in [-0.1, -0.05) is 19.8 Å². The van der Waals surface area contributed by atoms with E-state index >= 15 is 0 Å². The van der Waals surface area contributed by atoms with Gasteiger partial charge in [0.25, 0.3) is 0 Å². The average Bonchev–Trinajstić information content (AvgIpc) is 2.96. The molecule has 1 aliphatic carbocycles. The molecule has 1 heterocycles. The van der Waals surface area contributed by atoms with Crippen molar-refractivity contribution in [3.63, 3.8) is 0 Å². The van der Waals surface area contributed by atoms with Crippen LogP contribution in [0.5, 0.6) is 0 Å². The van der Waals surface area contributed by atoms with Gasteiger partial charge in [-0.3, -0.25) is 9.69 Å². The smallest absolute Gasteiger partial charge is 0.228 e. The van der Waals surface area contributed by atoms with Crippen molar-refractivity contribution in [2.75, 3.05) is 32.7 Å². The Morgan fingerprint density at radius 1 is 1.21 bits per heavy atom. The van der Waals surface area contributed by atoms with Crippen molar-refractivity contribution in [3.8, 4) is 0 Å². The van der Waals surface area contributed by atoms with E-state index in [0.29, 0.717) is 18.5 Å². The Labute approximate surface area is 117 Å². The predicted molar refractivity (Wildman–Crippen MR) is 77.9 cm³/mol. The summed E-state index contributed by atoms with van der Waals surface area (Å²) in [6.45, 7) is 8.76. The van der Waals surface area contributed by atoms with Crippen LogP contribution in [0.25, 0.3) is 0 Å². The van der Waals surface area contributed by atoms with Gasteiger partial charge < -0.3 is 10.6 Å². The molecule has 0 spiro atoms. The largest absolute Gasteiger partial charge is 0.340 e. The van der Waals surface area contributed by atoms with Crippen molar-refractivity contribution < 1.29 is 4.79 Å². The zero-order chi connectivity index (χ0) is 13.9. The predicted octanol–water partition coefficient (Wildman–Crippen LogP) is 1.45. The van der Waals surface area contributed by atoms with Crippen LogP contribution < -0.4 is 5.73 Å². The number of hydrogen-bond donors (Lipinski definition) is 1. The molecule has 110 valence electrons. The number of carbonyl (C=O) groups is 1. The molecule has 1 saturated heterocycles. The molecular formula is C15H29N3O. The summed E-state index contributed by atoms with van der Waals surface area (Å²) in [5, 5.41) is 0. The fraction of sp³-hybridized carbons (Fsp3) is 0.933. The Morgan fingerprint density at radius 2 is 1.79 bits per heavy atom. The molecule has 1 atom stereocenters. The number of amides is 1. The first-order chi connectivity index (χ1) is 9.13. The van der Waals surface area contributed by atoms with Gasteiger partial charge in [0, 0.05) is 44.2 Å². The van der Waals surface area contributed by atoms with Gasteiger partial charge in [0.15, 0.2) is 0 Å². The number of carbonyl (C=O) groups excluding carboxylic acids is 1. The Bertz CT molecular complexity index is 305. The molecule has 2 fully saturated rings. The van der Waals surface area contributed by atoms with Gasteiger partial charge in [-0.15, -0.1) is 0 Å². The van der Waals surface area contributed by atoms with Crippen molar-refractivity contribution in [2.24, 2.45) is 11.1 Å². The minimum absolute atomic E-state index is 0.0261. The van der Waals surface area contributed by atoms with Gasteiger partial charge in [0.1, 0.15) is 0 Å². The fourth-order valence-electron chi connectivity index (χ4n) is 3.62. The lowest BCUT2D eigenvalue weighted by Crippen LogP contribution is -2.55. The van der Waals surface area contributed by atoms with Crippen LogP contribution in [-0.4, -0.2) is 54.5 Å². The molecule has 1 saturated carbocycles. The summed E-state index contributed by atoms with van der Waals surface area (Å²) in [5.41, 5.74) is 5.69. The SMILES string of the molecule is CCC1(C(=O)N2CCN(C(C)CN)CC2)CCCC1. The van der Waals surface area contributed by atoms with Gasteiger partial charge in [0.2, 0.25) is 5.91 Å². The van der Waals surface area contributed by atoms with Crippen molar-refractivity contribution in [3.05, 3.63) is 0 Å². The lowest BCUT2D eigenvalue weighted by atomic mass is 9.81. The summed E-state index contributed by atoms with van der Waals surface area (Å²) >= 11 is 0. The molecule has 0 aromatic carbocycles. The highest BCUT2D eigenvalue weighted by molar-refractivity contribution is 5.83. The monoisotopic (exact) mass is 267 g/mol. The van der Waals surface area contributed by atoms with E-state index in [-0.39, 0.29) is 5.41 Å². The van der Waals surface area contributed by atoms with Crippen LogP contribution in [0.4, 0.5) is 0 Å². The zero-order valence-electron chi connectivity index (χ0n) is 12.5. The van der Waals surface area contributed by atoms with Crippen molar-refractivity contribution >= 4 is 5.91 Å². The molecule has 1 amide bonds. The highest BCUT2D eigenvalue weighted by Gasteiger charge is 2.42. The third-order valence-corrected chi connectivity index (χ3v) is 5.26. The Kier molecular flexibility index (Phi) is 4.85. The van der Waals surface area contributed by atoms with Gasteiger partial charge in [-0.25, -0.2) is 0 Å². The number of piperazine rings is 1. The lowest BCUT2D eigenvalue weighted by molar-refractivity contribution is -0.144. The summed E-state index contributed by atoms with van der Waals surface area (Å²) in [6.07, 6.45) is 5.66. The molecular weight excluding hydrogens is 238 g/mol. The highest BCUT2D eigenvalue weighted by atomic mass is 16.2. The van der Waals surface area contributed by atoms with Crippen LogP contribution in [0.1, 0.15) is 46.0 Å². The maximum Gasteiger partial charge on any atom is 0.228 e. The summed E-state index contributed by atoms with van der Waals surface area (Å²) in [5.74, 6) is 0.424. The quantitative estimate of drug-likeness (QED) is 0.838. The van der Waals surface area contributed by atoms with E-state index in [2.05, 4.69) is 23.6 Å². The van der Waals surface area contributed by atoms with E-state index < -0.39 is 0 Å². The van der Waals surface area contributed by atoms with Gasteiger partial charge in [-0.05, 0) is 26.2 Å². The van der Waals surface area contributed by atoms with Crippen molar-refractivity contribution in [1.29, 1.82) is 0 Å².